The highest BCUT2D eigenvalue weighted by Crippen LogP contribution is 2.28. The highest BCUT2D eigenvalue weighted by Gasteiger charge is 2.35. The van der Waals surface area contributed by atoms with Crippen LogP contribution >= 0.6 is 34.8 Å². The molecule has 214 valence electrons. The van der Waals surface area contributed by atoms with E-state index in [0.29, 0.717) is 27.1 Å². The molecule has 0 saturated heterocycles. The lowest BCUT2D eigenvalue weighted by atomic mass is 10.1. The van der Waals surface area contributed by atoms with Crippen molar-refractivity contribution in [3.8, 4) is 0 Å². The van der Waals surface area contributed by atoms with Crippen LogP contribution in [0.4, 0.5) is 5.69 Å². The standard InChI is InChI=1S/C29H32Cl3N3O4S/c1-5-26(28(37)33-29(2,3)4)34(18-20-9-6-7-12-25(20)32)27(36)19-35(23-11-8-10-22(31)17-23)40(38,39)24-15-13-21(30)14-16-24/h6-17,26H,5,18-19H2,1-4H3,(H,33,37). The van der Waals surface area contributed by atoms with Gasteiger partial charge < -0.3 is 10.2 Å². The molecule has 11 heteroatoms. The van der Waals surface area contributed by atoms with Gasteiger partial charge in [0.25, 0.3) is 10.0 Å². The topological polar surface area (TPSA) is 86.8 Å². The smallest absolute Gasteiger partial charge is 0.264 e. The van der Waals surface area contributed by atoms with Gasteiger partial charge in [-0.2, -0.15) is 0 Å². The molecule has 7 nitrogen and oxygen atoms in total. The molecule has 2 amide bonds. The second-order valence-electron chi connectivity index (χ2n) is 10.2. The fourth-order valence-corrected chi connectivity index (χ4v) is 5.99. The van der Waals surface area contributed by atoms with Crippen molar-refractivity contribution in [2.24, 2.45) is 0 Å². The molecule has 3 aromatic carbocycles. The number of rotatable bonds is 10. The van der Waals surface area contributed by atoms with Crippen LogP contribution in [-0.2, 0) is 26.2 Å². The lowest BCUT2D eigenvalue weighted by Gasteiger charge is -2.35. The van der Waals surface area contributed by atoms with Gasteiger partial charge in [-0.05, 0) is 81.3 Å². The van der Waals surface area contributed by atoms with Gasteiger partial charge in [-0.15, -0.1) is 0 Å². The van der Waals surface area contributed by atoms with E-state index in [2.05, 4.69) is 5.32 Å². The summed E-state index contributed by atoms with van der Waals surface area (Å²) < 4.78 is 28.7. The monoisotopic (exact) mass is 623 g/mol. The highest BCUT2D eigenvalue weighted by molar-refractivity contribution is 7.92. The number of nitrogens with zero attached hydrogens (tertiary/aromatic N) is 2. The van der Waals surface area contributed by atoms with Crippen molar-refractivity contribution in [3.05, 3.63) is 93.4 Å². The summed E-state index contributed by atoms with van der Waals surface area (Å²) in [6, 6.07) is 18.0. The van der Waals surface area contributed by atoms with Crippen molar-refractivity contribution in [1.29, 1.82) is 0 Å². The second-order valence-corrected chi connectivity index (χ2v) is 13.4. The van der Waals surface area contributed by atoms with Gasteiger partial charge in [0.05, 0.1) is 10.6 Å². The zero-order valence-corrected chi connectivity index (χ0v) is 25.8. The molecule has 1 atom stereocenters. The fourth-order valence-electron chi connectivity index (χ4n) is 4.08. The van der Waals surface area contributed by atoms with Crippen molar-refractivity contribution in [3.63, 3.8) is 0 Å². The first kappa shape index (κ1) is 31.7. The first-order chi connectivity index (χ1) is 18.7. The second kappa shape index (κ2) is 13.3. The number of anilines is 1. The number of hydrogen-bond donors (Lipinski definition) is 1. The number of benzene rings is 3. The Balaban J connectivity index is 2.09. The number of halogens is 3. The molecule has 0 aliphatic carbocycles. The van der Waals surface area contributed by atoms with Gasteiger partial charge in [0.2, 0.25) is 11.8 Å². The third kappa shape index (κ3) is 8.13. The van der Waals surface area contributed by atoms with E-state index in [4.69, 9.17) is 34.8 Å². The zero-order valence-electron chi connectivity index (χ0n) is 22.7. The fraction of sp³-hybridized carbons (Fsp3) is 0.310. The molecule has 0 saturated carbocycles. The van der Waals surface area contributed by atoms with Crippen molar-refractivity contribution in [2.45, 2.75) is 57.1 Å². The molecule has 1 unspecified atom stereocenters. The largest absolute Gasteiger partial charge is 0.350 e. The Labute approximate surface area is 251 Å². The summed E-state index contributed by atoms with van der Waals surface area (Å²) in [5, 5.41) is 4.02. The Morgan fingerprint density at radius 1 is 0.900 bits per heavy atom. The summed E-state index contributed by atoms with van der Waals surface area (Å²) in [5.41, 5.74) is 0.268. The molecule has 0 aromatic heterocycles. The van der Waals surface area contributed by atoms with E-state index in [1.54, 1.807) is 49.4 Å². The molecule has 0 fully saturated rings. The molecular formula is C29H32Cl3N3O4S. The van der Waals surface area contributed by atoms with Gasteiger partial charge in [-0.25, -0.2) is 8.42 Å². The van der Waals surface area contributed by atoms with E-state index in [-0.39, 0.29) is 23.0 Å². The molecule has 0 radical (unpaired) electrons. The van der Waals surface area contributed by atoms with Crippen LogP contribution < -0.4 is 9.62 Å². The maximum Gasteiger partial charge on any atom is 0.264 e. The third-order valence-electron chi connectivity index (χ3n) is 5.96. The van der Waals surface area contributed by atoms with Gasteiger partial charge in [-0.3, -0.25) is 13.9 Å². The van der Waals surface area contributed by atoms with Crippen molar-refractivity contribution in [1.82, 2.24) is 10.2 Å². The number of carbonyl (C=O) groups excluding carboxylic acids is 2. The minimum absolute atomic E-state index is 0.00104. The van der Waals surface area contributed by atoms with Crippen LogP contribution in [0.15, 0.2) is 77.7 Å². The third-order valence-corrected chi connectivity index (χ3v) is 8.60. The van der Waals surface area contributed by atoms with E-state index in [9.17, 15) is 18.0 Å². The quantitative estimate of drug-likeness (QED) is 0.277. The zero-order chi connectivity index (χ0) is 29.7. The molecule has 0 heterocycles. The van der Waals surface area contributed by atoms with Crippen molar-refractivity contribution >= 4 is 62.3 Å². The molecule has 0 bridgehead atoms. The first-order valence-corrected chi connectivity index (χ1v) is 15.2. The van der Waals surface area contributed by atoms with E-state index in [0.717, 1.165) is 4.31 Å². The van der Waals surface area contributed by atoms with E-state index >= 15 is 0 Å². The van der Waals surface area contributed by atoms with Crippen LogP contribution in [0.2, 0.25) is 15.1 Å². The van der Waals surface area contributed by atoms with E-state index in [1.807, 2.05) is 20.8 Å². The first-order valence-electron chi connectivity index (χ1n) is 12.6. The average molecular weight is 625 g/mol. The molecule has 3 aromatic rings. The Kier molecular flexibility index (Phi) is 10.5. The number of amides is 2. The van der Waals surface area contributed by atoms with E-state index < -0.39 is 34.1 Å². The van der Waals surface area contributed by atoms with Crippen molar-refractivity contribution < 1.29 is 18.0 Å². The van der Waals surface area contributed by atoms with Crippen LogP contribution in [-0.4, -0.2) is 43.3 Å². The molecule has 0 spiro atoms. The van der Waals surface area contributed by atoms with Crippen LogP contribution in [0.1, 0.15) is 39.7 Å². The van der Waals surface area contributed by atoms with Gasteiger partial charge >= 0.3 is 0 Å². The number of hydrogen-bond acceptors (Lipinski definition) is 4. The maximum absolute atomic E-state index is 14.1. The molecule has 0 aliphatic heterocycles. The minimum atomic E-state index is -4.24. The van der Waals surface area contributed by atoms with Crippen LogP contribution in [0.5, 0.6) is 0 Å². The SMILES string of the molecule is CCC(C(=O)NC(C)(C)C)N(Cc1ccccc1Cl)C(=O)CN(c1cccc(Cl)c1)S(=O)(=O)c1ccc(Cl)cc1. The average Bonchev–Trinajstić information content (AvgIpc) is 2.87. The summed E-state index contributed by atoms with van der Waals surface area (Å²) in [5.74, 6) is -0.946. The lowest BCUT2D eigenvalue weighted by Crippen LogP contribution is -2.55. The highest BCUT2D eigenvalue weighted by atomic mass is 35.5. The van der Waals surface area contributed by atoms with Gasteiger partial charge in [0.15, 0.2) is 0 Å². The summed E-state index contributed by atoms with van der Waals surface area (Å²) >= 11 is 18.6. The van der Waals surface area contributed by atoms with Gasteiger partial charge in [-0.1, -0.05) is 66.0 Å². The molecule has 40 heavy (non-hydrogen) atoms. The van der Waals surface area contributed by atoms with E-state index in [1.165, 1.54) is 35.2 Å². The predicted octanol–water partition coefficient (Wildman–Crippen LogP) is 6.56. The van der Waals surface area contributed by atoms with Gasteiger partial charge in [0.1, 0.15) is 12.6 Å². The number of carbonyl (C=O) groups is 2. The van der Waals surface area contributed by atoms with Crippen LogP contribution in [0.3, 0.4) is 0 Å². The number of sulfonamides is 1. The molecular weight excluding hydrogens is 593 g/mol. The normalized spacial score (nSPS) is 12.5. The summed E-state index contributed by atoms with van der Waals surface area (Å²) in [6.07, 6.45) is 0.291. The lowest BCUT2D eigenvalue weighted by molar-refractivity contribution is -0.141. The number of nitrogens with one attached hydrogen (secondary N) is 1. The molecule has 0 aliphatic rings. The maximum atomic E-state index is 14.1. The van der Waals surface area contributed by atoms with Crippen LogP contribution in [0, 0.1) is 0 Å². The van der Waals surface area contributed by atoms with Crippen molar-refractivity contribution in [2.75, 3.05) is 10.8 Å². The summed E-state index contributed by atoms with van der Waals surface area (Å²) in [6.45, 7) is 6.74. The molecule has 3 rings (SSSR count). The summed E-state index contributed by atoms with van der Waals surface area (Å²) in [7, 11) is -4.24. The predicted molar refractivity (Wildman–Crippen MR) is 161 cm³/mol. The van der Waals surface area contributed by atoms with Gasteiger partial charge in [0, 0.05) is 27.2 Å². The Bertz CT molecular complexity index is 1460. The Morgan fingerprint density at radius 2 is 1.55 bits per heavy atom. The summed E-state index contributed by atoms with van der Waals surface area (Å²) in [4.78, 5) is 28.8. The Morgan fingerprint density at radius 3 is 2.12 bits per heavy atom. The molecule has 1 N–H and O–H groups in total. The Hall–Kier alpha value is -2.78. The minimum Gasteiger partial charge on any atom is -0.350 e. The van der Waals surface area contributed by atoms with Crippen LogP contribution in [0.25, 0.3) is 0 Å².